The highest BCUT2D eigenvalue weighted by atomic mass is 16.1. The molecule has 16 heavy (non-hydrogen) atoms. The molecule has 4 nitrogen and oxygen atoms in total. The van der Waals surface area contributed by atoms with Gasteiger partial charge in [0.05, 0.1) is 0 Å². The van der Waals surface area contributed by atoms with E-state index in [1.165, 1.54) is 0 Å². The van der Waals surface area contributed by atoms with E-state index >= 15 is 0 Å². The number of rotatable bonds is 1. The van der Waals surface area contributed by atoms with Crippen LogP contribution in [0.2, 0.25) is 0 Å². The zero-order valence-electron chi connectivity index (χ0n) is 9.55. The minimum Gasteiger partial charge on any atom is -0.294 e. The van der Waals surface area contributed by atoms with E-state index < -0.39 is 0 Å². The van der Waals surface area contributed by atoms with Gasteiger partial charge in [0, 0.05) is 18.8 Å². The molecule has 0 aliphatic heterocycles. The molecule has 1 atom stereocenters. The molecule has 0 saturated carbocycles. The number of carbonyl (C=O) groups is 1. The number of hydrogen-bond donors (Lipinski definition) is 0. The Morgan fingerprint density at radius 2 is 2.44 bits per heavy atom. The fourth-order valence-electron chi connectivity index (χ4n) is 1.72. The van der Waals surface area contributed by atoms with E-state index in [2.05, 4.69) is 16.9 Å². The fraction of sp³-hybridized carbons (Fsp3) is 0.417. The first-order valence-electron chi connectivity index (χ1n) is 5.44. The van der Waals surface area contributed by atoms with Crippen LogP contribution in [0, 0.1) is 5.92 Å². The van der Waals surface area contributed by atoms with Gasteiger partial charge < -0.3 is 0 Å². The smallest absolute Gasteiger partial charge is 0.181 e. The second-order valence-corrected chi connectivity index (χ2v) is 4.19. The first kappa shape index (κ1) is 10.8. The molecule has 1 aliphatic carbocycles. The van der Waals surface area contributed by atoms with E-state index in [1.807, 2.05) is 19.2 Å². The molecule has 2 rings (SSSR count). The Kier molecular flexibility index (Phi) is 2.99. The maximum atomic E-state index is 11.7. The predicted molar refractivity (Wildman–Crippen MR) is 62.2 cm³/mol. The lowest BCUT2D eigenvalue weighted by molar-refractivity contribution is -0.116. The van der Waals surface area contributed by atoms with E-state index in [1.54, 1.807) is 17.1 Å². The van der Waals surface area contributed by atoms with E-state index in [0.717, 1.165) is 12.3 Å². The molecular weight excluding hydrogens is 202 g/mol. The lowest BCUT2D eigenvalue weighted by Crippen LogP contribution is -2.14. The van der Waals surface area contributed by atoms with Crippen LogP contribution < -0.4 is 0 Å². The molecule has 0 aromatic carbocycles. The second-order valence-electron chi connectivity index (χ2n) is 4.19. The summed E-state index contributed by atoms with van der Waals surface area (Å²) in [6.07, 6.45) is 8.65. The van der Waals surface area contributed by atoms with Crippen LogP contribution in [-0.4, -0.2) is 21.2 Å². The van der Waals surface area contributed by atoms with Gasteiger partial charge in [-0.2, -0.15) is 0 Å². The molecular formula is C12H15N3O. The molecule has 1 aromatic heterocycles. The van der Waals surface area contributed by atoms with Crippen LogP contribution in [0.25, 0.3) is 0 Å². The highest BCUT2D eigenvalue weighted by Gasteiger charge is 2.18. The second kappa shape index (κ2) is 4.43. The van der Waals surface area contributed by atoms with Gasteiger partial charge in [0.25, 0.3) is 0 Å². The van der Waals surface area contributed by atoms with Crippen molar-refractivity contribution < 1.29 is 4.79 Å². The number of imidazole rings is 1. The fourth-order valence-corrected chi connectivity index (χ4v) is 1.72. The zero-order chi connectivity index (χ0) is 11.5. The summed E-state index contributed by atoms with van der Waals surface area (Å²) in [5.41, 5.74) is 0.587. The van der Waals surface area contributed by atoms with E-state index in [-0.39, 0.29) is 5.78 Å². The van der Waals surface area contributed by atoms with Crippen LogP contribution in [0.15, 0.2) is 35.5 Å². The molecule has 0 spiro atoms. The maximum absolute atomic E-state index is 11.7. The molecule has 1 aromatic rings. The average molecular weight is 217 g/mol. The molecule has 1 unspecified atom stereocenters. The number of carbonyl (C=O) groups excluding carboxylic acids is 1. The third kappa shape index (κ3) is 2.27. The first-order valence-corrected chi connectivity index (χ1v) is 5.44. The predicted octanol–water partition coefficient (Wildman–Crippen LogP) is 2.03. The Morgan fingerprint density at radius 1 is 1.62 bits per heavy atom. The lowest BCUT2D eigenvalue weighted by atomic mass is 9.93. The van der Waals surface area contributed by atoms with Gasteiger partial charge in [-0.25, -0.2) is 9.98 Å². The zero-order valence-corrected chi connectivity index (χ0v) is 9.55. The standard InChI is InChI=1S/C12H15N3O/c1-9-3-4-11(12(16)7-9)14-10(2)15-6-5-13-8-15/h4-6,8-9H,3,7H2,1-2H3. The van der Waals surface area contributed by atoms with Crippen LogP contribution in [0.1, 0.15) is 26.7 Å². The van der Waals surface area contributed by atoms with E-state index in [0.29, 0.717) is 18.0 Å². The highest BCUT2D eigenvalue weighted by Crippen LogP contribution is 2.20. The van der Waals surface area contributed by atoms with E-state index in [4.69, 9.17) is 0 Å². The summed E-state index contributed by atoms with van der Waals surface area (Å²) in [6, 6.07) is 0. The van der Waals surface area contributed by atoms with Crippen LogP contribution in [0.4, 0.5) is 0 Å². The van der Waals surface area contributed by atoms with Crippen molar-refractivity contribution in [3.05, 3.63) is 30.5 Å². The van der Waals surface area contributed by atoms with Crippen LogP contribution in [-0.2, 0) is 4.79 Å². The SMILES string of the molecule is CC(=NC1=CCC(C)CC1=O)n1ccnc1. The summed E-state index contributed by atoms with van der Waals surface area (Å²) in [6.45, 7) is 3.95. The molecule has 84 valence electrons. The Hall–Kier alpha value is -1.71. The van der Waals surface area contributed by atoms with E-state index in [9.17, 15) is 4.79 Å². The number of nitrogens with zero attached hydrogens (tertiary/aromatic N) is 3. The van der Waals surface area contributed by atoms with Crippen molar-refractivity contribution in [1.82, 2.24) is 9.55 Å². The molecule has 1 aliphatic rings. The number of ketones is 1. The Labute approximate surface area is 94.7 Å². The first-order chi connectivity index (χ1) is 7.66. The van der Waals surface area contributed by atoms with Crippen LogP contribution in [0.5, 0.6) is 0 Å². The molecule has 0 amide bonds. The van der Waals surface area contributed by atoms with Gasteiger partial charge in [-0.3, -0.25) is 9.36 Å². The number of aliphatic imine (C=N–C) groups is 1. The highest BCUT2D eigenvalue weighted by molar-refractivity contribution is 5.99. The van der Waals surface area contributed by atoms with Gasteiger partial charge in [0.1, 0.15) is 17.9 Å². The summed E-state index contributed by atoms with van der Waals surface area (Å²) in [7, 11) is 0. The van der Waals surface area contributed by atoms with Gasteiger partial charge in [-0.15, -0.1) is 0 Å². The summed E-state index contributed by atoms with van der Waals surface area (Å²) in [5, 5.41) is 0. The molecule has 0 bridgehead atoms. The number of hydrogen-bond acceptors (Lipinski definition) is 3. The minimum absolute atomic E-state index is 0.137. The summed E-state index contributed by atoms with van der Waals surface area (Å²) in [5.74, 6) is 1.35. The van der Waals surface area contributed by atoms with Gasteiger partial charge in [0.2, 0.25) is 0 Å². The van der Waals surface area contributed by atoms with Crippen molar-refractivity contribution in [3.8, 4) is 0 Å². The van der Waals surface area contributed by atoms with Crippen molar-refractivity contribution >= 4 is 11.6 Å². The molecule has 4 heteroatoms. The third-order valence-electron chi connectivity index (χ3n) is 2.69. The van der Waals surface area contributed by atoms with Crippen molar-refractivity contribution in [2.75, 3.05) is 0 Å². The Balaban J connectivity index is 2.21. The van der Waals surface area contributed by atoms with Gasteiger partial charge in [-0.05, 0) is 19.3 Å². The molecule has 0 saturated heterocycles. The monoisotopic (exact) mass is 217 g/mol. The molecule has 0 radical (unpaired) electrons. The van der Waals surface area contributed by atoms with Crippen LogP contribution in [0.3, 0.4) is 0 Å². The Morgan fingerprint density at radius 3 is 3.06 bits per heavy atom. The third-order valence-corrected chi connectivity index (χ3v) is 2.69. The largest absolute Gasteiger partial charge is 0.294 e. The van der Waals surface area contributed by atoms with Crippen molar-refractivity contribution in [3.63, 3.8) is 0 Å². The van der Waals surface area contributed by atoms with Crippen molar-refractivity contribution in [2.45, 2.75) is 26.7 Å². The molecule has 0 fully saturated rings. The van der Waals surface area contributed by atoms with Crippen LogP contribution >= 0.6 is 0 Å². The van der Waals surface area contributed by atoms with Crippen molar-refractivity contribution in [1.29, 1.82) is 0 Å². The molecule has 1 heterocycles. The maximum Gasteiger partial charge on any atom is 0.181 e. The summed E-state index contributed by atoms with van der Waals surface area (Å²) < 4.78 is 1.80. The summed E-state index contributed by atoms with van der Waals surface area (Å²) >= 11 is 0. The average Bonchev–Trinajstić information content (AvgIpc) is 2.75. The topological polar surface area (TPSA) is 47.2 Å². The number of allylic oxidation sites excluding steroid dienone is 2. The van der Waals surface area contributed by atoms with Crippen molar-refractivity contribution in [2.24, 2.45) is 10.9 Å². The lowest BCUT2D eigenvalue weighted by Gasteiger charge is -2.14. The van der Waals surface area contributed by atoms with Gasteiger partial charge in [-0.1, -0.05) is 13.0 Å². The number of aromatic nitrogens is 2. The normalized spacial score (nSPS) is 22.1. The van der Waals surface area contributed by atoms with Gasteiger partial charge >= 0.3 is 0 Å². The minimum atomic E-state index is 0.137. The quantitative estimate of drug-likeness (QED) is 0.533. The van der Waals surface area contributed by atoms with Gasteiger partial charge in [0.15, 0.2) is 5.78 Å². The summed E-state index contributed by atoms with van der Waals surface area (Å²) in [4.78, 5) is 20.0. The number of Topliss-reactive ketones (excluding diaryl/α,β-unsaturated/α-hetero) is 1. The Bertz CT molecular complexity index is 443. The molecule has 0 N–H and O–H groups in total.